The Hall–Kier alpha value is -2.29. The number of rotatable bonds is 3. The minimum Gasteiger partial charge on any atom is -0.398 e. The van der Waals surface area contributed by atoms with E-state index in [1.807, 2.05) is 43.3 Å². The van der Waals surface area contributed by atoms with E-state index in [1.165, 1.54) is 5.56 Å². The molecule has 0 aliphatic carbocycles. The number of nitrogen functional groups attached to an aromatic ring is 1. The molecule has 0 unspecified atom stereocenters. The van der Waals surface area contributed by atoms with Crippen molar-refractivity contribution in [2.45, 2.75) is 20.3 Å². The highest BCUT2D eigenvalue weighted by Gasteiger charge is 2.10. The summed E-state index contributed by atoms with van der Waals surface area (Å²) in [6, 6.07) is 13.3. The summed E-state index contributed by atoms with van der Waals surface area (Å²) in [6.07, 6.45) is 0.985. The number of benzene rings is 2. The van der Waals surface area contributed by atoms with Crippen molar-refractivity contribution in [1.82, 2.24) is 0 Å². The Labute approximate surface area is 113 Å². The molecule has 0 radical (unpaired) electrons. The van der Waals surface area contributed by atoms with E-state index in [-0.39, 0.29) is 5.91 Å². The van der Waals surface area contributed by atoms with Gasteiger partial charge in [-0.3, -0.25) is 4.79 Å². The summed E-state index contributed by atoms with van der Waals surface area (Å²) in [6.45, 7) is 3.99. The van der Waals surface area contributed by atoms with Crippen LogP contribution in [0.4, 0.5) is 11.4 Å². The van der Waals surface area contributed by atoms with Crippen molar-refractivity contribution in [2.75, 3.05) is 11.1 Å². The number of nitrogens with two attached hydrogens (primary N) is 1. The van der Waals surface area contributed by atoms with Crippen LogP contribution >= 0.6 is 0 Å². The molecule has 2 aromatic rings. The summed E-state index contributed by atoms with van der Waals surface area (Å²) in [5.74, 6) is -0.176. The molecule has 0 saturated carbocycles. The number of para-hydroxylation sites is 1. The number of hydrogen-bond donors (Lipinski definition) is 2. The van der Waals surface area contributed by atoms with Crippen molar-refractivity contribution < 1.29 is 4.79 Å². The van der Waals surface area contributed by atoms with E-state index in [2.05, 4.69) is 12.2 Å². The largest absolute Gasteiger partial charge is 0.398 e. The number of anilines is 2. The maximum atomic E-state index is 12.2. The smallest absolute Gasteiger partial charge is 0.257 e. The number of nitrogens with one attached hydrogen (secondary N) is 1. The first-order valence-electron chi connectivity index (χ1n) is 6.37. The van der Waals surface area contributed by atoms with Crippen molar-refractivity contribution in [3.63, 3.8) is 0 Å². The van der Waals surface area contributed by atoms with E-state index in [1.54, 1.807) is 6.07 Å². The molecule has 0 aliphatic heterocycles. The van der Waals surface area contributed by atoms with Crippen molar-refractivity contribution >= 4 is 17.3 Å². The number of amides is 1. The monoisotopic (exact) mass is 254 g/mol. The number of hydrogen-bond acceptors (Lipinski definition) is 2. The van der Waals surface area contributed by atoms with Gasteiger partial charge < -0.3 is 11.1 Å². The molecule has 0 aromatic heterocycles. The highest BCUT2D eigenvalue weighted by atomic mass is 16.1. The number of carbonyl (C=O) groups excluding carboxylic acids is 1. The van der Waals surface area contributed by atoms with Gasteiger partial charge in [-0.05, 0) is 42.7 Å². The van der Waals surface area contributed by atoms with Crippen LogP contribution in [0, 0.1) is 6.92 Å². The normalized spacial score (nSPS) is 10.2. The van der Waals surface area contributed by atoms with Gasteiger partial charge in [0.05, 0.1) is 5.56 Å². The molecule has 3 heteroatoms. The van der Waals surface area contributed by atoms with Crippen LogP contribution in [-0.2, 0) is 6.42 Å². The van der Waals surface area contributed by atoms with E-state index in [0.29, 0.717) is 11.3 Å². The van der Waals surface area contributed by atoms with Crippen LogP contribution in [0.1, 0.15) is 28.4 Å². The van der Waals surface area contributed by atoms with Crippen molar-refractivity contribution in [1.29, 1.82) is 0 Å². The average molecular weight is 254 g/mol. The van der Waals surface area contributed by atoms with Crippen LogP contribution in [0.25, 0.3) is 0 Å². The van der Waals surface area contributed by atoms with Crippen molar-refractivity contribution in [3.05, 3.63) is 59.2 Å². The van der Waals surface area contributed by atoms with E-state index < -0.39 is 0 Å². The summed E-state index contributed by atoms with van der Waals surface area (Å²) in [5, 5.41) is 2.86. The van der Waals surface area contributed by atoms with E-state index in [4.69, 9.17) is 5.73 Å². The van der Waals surface area contributed by atoms with Crippen LogP contribution in [0.5, 0.6) is 0 Å². The average Bonchev–Trinajstić information content (AvgIpc) is 2.42. The summed E-state index contributed by atoms with van der Waals surface area (Å²) >= 11 is 0. The molecule has 0 heterocycles. The lowest BCUT2D eigenvalue weighted by Crippen LogP contribution is -2.14. The highest BCUT2D eigenvalue weighted by molar-refractivity contribution is 6.08. The highest BCUT2D eigenvalue weighted by Crippen LogP contribution is 2.18. The molecular weight excluding hydrogens is 236 g/mol. The quantitative estimate of drug-likeness (QED) is 0.825. The van der Waals surface area contributed by atoms with Gasteiger partial charge in [0.2, 0.25) is 0 Å². The summed E-state index contributed by atoms with van der Waals surface area (Å²) in [4.78, 5) is 12.2. The van der Waals surface area contributed by atoms with Gasteiger partial charge in [-0.15, -0.1) is 0 Å². The fourth-order valence-corrected chi connectivity index (χ4v) is 1.90. The fourth-order valence-electron chi connectivity index (χ4n) is 1.90. The molecule has 3 nitrogen and oxygen atoms in total. The van der Waals surface area contributed by atoms with Gasteiger partial charge in [-0.25, -0.2) is 0 Å². The third-order valence-corrected chi connectivity index (χ3v) is 3.19. The van der Waals surface area contributed by atoms with E-state index >= 15 is 0 Å². The zero-order chi connectivity index (χ0) is 13.8. The zero-order valence-corrected chi connectivity index (χ0v) is 11.2. The van der Waals surface area contributed by atoms with Crippen LogP contribution in [0.3, 0.4) is 0 Å². The molecule has 2 aromatic carbocycles. The minimum atomic E-state index is -0.176. The predicted molar refractivity (Wildman–Crippen MR) is 79.4 cm³/mol. The third-order valence-electron chi connectivity index (χ3n) is 3.19. The van der Waals surface area contributed by atoms with Gasteiger partial charge in [-0.1, -0.05) is 31.2 Å². The lowest BCUT2D eigenvalue weighted by molar-refractivity contribution is 0.102. The van der Waals surface area contributed by atoms with Gasteiger partial charge in [-0.2, -0.15) is 0 Å². The summed E-state index contributed by atoms with van der Waals surface area (Å²) < 4.78 is 0. The fraction of sp³-hybridized carbons (Fsp3) is 0.188. The topological polar surface area (TPSA) is 55.1 Å². The van der Waals surface area contributed by atoms with Gasteiger partial charge in [0, 0.05) is 11.4 Å². The van der Waals surface area contributed by atoms with E-state index in [0.717, 1.165) is 17.7 Å². The Morgan fingerprint density at radius 2 is 1.84 bits per heavy atom. The molecule has 0 fully saturated rings. The predicted octanol–water partition coefficient (Wildman–Crippen LogP) is 3.39. The second-order valence-corrected chi connectivity index (χ2v) is 4.54. The second kappa shape index (κ2) is 5.57. The molecule has 98 valence electrons. The molecule has 3 N–H and O–H groups in total. The SMILES string of the molecule is CCc1ccc(NC(=O)c2cccc(C)c2N)cc1. The first kappa shape index (κ1) is 13.1. The minimum absolute atomic E-state index is 0.176. The van der Waals surface area contributed by atoms with Crippen LogP contribution in [-0.4, -0.2) is 5.91 Å². The van der Waals surface area contributed by atoms with Crippen LogP contribution in [0.15, 0.2) is 42.5 Å². The van der Waals surface area contributed by atoms with E-state index in [9.17, 15) is 4.79 Å². The molecule has 1 amide bonds. The molecule has 0 aliphatic rings. The number of carbonyl (C=O) groups is 1. The Kier molecular flexibility index (Phi) is 3.85. The van der Waals surface area contributed by atoms with Gasteiger partial charge in [0.1, 0.15) is 0 Å². The lowest BCUT2D eigenvalue weighted by Gasteiger charge is -2.09. The first-order valence-corrected chi connectivity index (χ1v) is 6.37. The molecule has 2 rings (SSSR count). The zero-order valence-electron chi connectivity index (χ0n) is 11.2. The van der Waals surface area contributed by atoms with Gasteiger partial charge >= 0.3 is 0 Å². The Bertz CT molecular complexity index is 588. The molecular formula is C16H18N2O. The van der Waals surface area contributed by atoms with Crippen LogP contribution in [0.2, 0.25) is 0 Å². The summed E-state index contributed by atoms with van der Waals surface area (Å²) in [5.41, 5.74) is 9.90. The van der Waals surface area contributed by atoms with Gasteiger partial charge in [0.25, 0.3) is 5.91 Å². The lowest BCUT2D eigenvalue weighted by atomic mass is 10.1. The molecule has 19 heavy (non-hydrogen) atoms. The first-order chi connectivity index (χ1) is 9.11. The van der Waals surface area contributed by atoms with Crippen LogP contribution < -0.4 is 11.1 Å². The third kappa shape index (κ3) is 2.94. The number of aryl methyl sites for hydroxylation is 2. The molecule has 0 bridgehead atoms. The Morgan fingerprint density at radius 3 is 2.47 bits per heavy atom. The maximum absolute atomic E-state index is 12.2. The maximum Gasteiger partial charge on any atom is 0.257 e. The van der Waals surface area contributed by atoms with Gasteiger partial charge in [0.15, 0.2) is 0 Å². The van der Waals surface area contributed by atoms with Crippen molar-refractivity contribution in [3.8, 4) is 0 Å². The Morgan fingerprint density at radius 1 is 1.16 bits per heavy atom. The molecule has 0 saturated heterocycles. The van der Waals surface area contributed by atoms with Crippen molar-refractivity contribution in [2.24, 2.45) is 0 Å². The molecule has 0 atom stereocenters. The summed E-state index contributed by atoms with van der Waals surface area (Å²) in [7, 11) is 0. The second-order valence-electron chi connectivity index (χ2n) is 4.54. The molecule has 0 spiro atoms. The standard InChI is InChI=1S/C16H18N2O/c1-3-12-7-9-13(10-8-12)18-16(19)14-6-4-5-11(2)15(14)17/h4-10H,3,17H2,1-2H3,(H,18,19). The Balaban J connectivity index is 2.18.